The van der Waals surface area contributed by atoms with Crippen LogP contribution in [0.25, 0.3) is 10.9 Å². The Kier molecular flexibility index (Phi) is 4.68. The summed E-state index contributed by atoms with van der Waals surface area (Å²) in [5.74, 6) is -0.0527. The van der Waals surface area contributed by atoms with E-state index in [1.165, 1.54) is 0 Å². The van der Waals surface area contributed by atoms with Crippen molar-refractivity contribution in [3.8, 4) is 0 Å². The number of aromatic nitrogens is 1. The summed E-state index contributed by atoms with van der Waals surface area (Å²) >= 11 is 0. The van der Waals surface area contributed by atoms with Crippen LogP contribution in [0.15, 0.2) is 30.5 Å². The number of fused-ring (bicyclic) bond motifs is 1. The number of nitrogens with one attached hydrogen (secondary N) is 2. The van der Waals surface area contributed by atoms with Crippen molar-refractivity contribution < 1.29 is 9.90 Å². The molecule has 0 saturated heterocycles. The second-order valence-corrected chi connectivity index (χ2v) is 6.75. The van der Waals surface area contributed by atoms with Gasteiger partial charge in [-0.1, -0.05) is 39.0 Å². The van der Waals surface area contributed by atoms with Gasteiger partial charge < -0.3 is 15.4 Å². The smallest absolute Gasteiger partial charge is 0.224 e. The highest BCUT2D eigenvalue weighted by Gasteiger charge is 2.20. The van der Waals surface area contributed by atoms with Crippen molar-refractivity contribution in [3.05, 3.63) is 36.0 Å². The molecule has 0 saturated carbocycles. The summed E-state index contributed by atoms with van der Waals surface area (Å²) in [6.07, 6.45) is 2.95. The number of aromatic amines is 1. The lowest BCUT2D eigenvalue weighted by Gasteiger charge is -2.25. The number of hydrogen-bond donors (Lipinski definition) is 3. The van der Waals surface area contributed by atoms with Crippen LogP contribution < -0.4 is 5.32 Å². The topological polar surface area (TPSA) is 65.1 Å². The van der Waals surface area contributed by atoms with Crippen molar-refractivity contribution in [1.82, 2.24) is 10.3 Å². The van der Waals surface area contributed by atoms with Crippen LogP contribution in [0.1, 0.15) is 32.8 Å². The highest BCUT2D eigenvalue weighted by molar-refractivity contribution is 5.88. The van der Waals surface area contributed by atoms with Crippen LogP contribution in [0.2, 0.25) is 0 Å². The minimum absolute atomic E-state index is 0.0309. The van der Waals surface area contributed by atoms with Crippen LogP contribution in [0, 0.1) is 5.41 Å². The SMILES string of the molecule is CC(C)(C)CC(CO)NC(=O)Cc1c[nH]c2ccccc12. The quantitative estimate of drug-likeness (QED) is 0.792. The maximum absolute atomic E-state index is 12.2. The van der Waals surface area contributed by atoms with Gasteiger partial charge in [0.05, 0.1) is 19.1 Å². The van der Waals surface area contributed by atoms with Gasteiger partial charge in [0.25, 0.3) is 0 Å². The molecular weight excluding hydrogens is 264 g/mol. The Labute approximate surface area is 125 Å². The third-order valence-electron chi connectivity index (χ3n) is 3.47. The first-order valence-corrected chi connectivity index (χ1v) is 7.34. The van der Waals surface area contributed by atoms with Gasteiger partial charge >= 0.3 is 0 Å². The molecule has 0 spiro atoms. The van der Waals surface area contributed by atoms with E-state index in [4.69, 9.17) is 0 Å². The Morgan fingerprint density at radius 3 is 2.71 bits per heavy atom. The van der Waals surface area contributed by atoms with Crippen LogP contribution in [0.4, 0.5) is 0 Å². The molecule has 4 heteroatoms. The molecule has 4 nitrogen and oxygen atoms in total. The first-order chi connectivity index (χ1) is 9.89. The van der Waals surface area contributed by atoms with Crippen molar-refractivity contribution in [1.29, 1.82) is 0 Å². The van der Waals surface area contributed by atoms with Gasteiger partial charge in [-0.15, -0.1) is 0 Å². The van der Waals surface area contributed by atoms with Gasteiger partial charge in [-0.3, -0.25) is 4.79 Å². The number of rotatable bonds is 5. The third kappa shape index (κ3) is 4.33. The normalized spacial score (nSPS) is 13.3. The van der Waals surface area contributed by atoms with Gasteiger partial charge in [-0.2, -0.15) is 0 Å². The second-order valence-electron chi connectivity index (χ2n) is 6.75. The van der Waals surface area contributed by atoms with Crippen LogP contribution in [-0.4, -0.2) is 28.6 Å². The maximum Gasteiger partial charge on any atom is 0.224 e. The van der Waals surface area contributed by atoms with E-state index in [1.54, 1.807) is 0 Å². The predicted octanol–water partition coefficient (Wildman–Crippen LogP) is 2.62. The molecule has 1 amide bonds. The van der Waals surface area contributed by atoms with Crippen molar-refractivity contribution in [2.45, 2.75) is 39.7 Å². The number of carbonyl (C=O) groups excluding carboxylic acids is 1. The summed E-state index contributed by atoms with van der Waals surface area (Å²) in [5, 5.41) is 13.4. The highest BCUT2D eigenvalue weighted by Crippen LogP contribution is 2.21. The summed E-state index contributed by atoms with van der Waals surface area (Å²) < 4.78 is 0. The maximum atomic E-state index is 12.2. The van der Waals surface area contributed by atoms with Crippen LogP contribution in [0.5, 0.6) is 0 Å². The summed E-state index contributed by atoms with van der Waals surface area (Å²) in [5.41, 5.74) is 2.09. The number of aliphatic hydroxyl groups is 1. The molecule has 1 unspecified atom stereocenters. The number of para-hydroxylation sites is 1. The third-order valence-corrected chi connectivity index (χ3v) is 3.47. The zero-order valence-corrected chi connectivity index (χ0v) is 12.9. The molecule has 0 aliphatic carbocycles. The molecule has 2 rings (SSSR count). The number of H-pyrrole nitrogens is 1. The molecule has 21 heavy (non-hydrogen) atoms. The van der Waals surface area contributed by atoms with Gasteiger partial charge in [0.1, 0.15) is 0 Å². The fourth-order valence-electron chi connectivity index (χ4n) is 2.63. The fraction of sp³-hybridized carbons (Fsp3) is 0.471. The molecule has 0 bridgehead atoms. The minimum Gasteiger partial charge on any atom is -0.394 e. The van der Waals surface area contributed by atoms with Crippen LogP contribution in [-0.2, 0) is 11.2 Å². The Hall–Kier alpha value is -1.81. The van der Waals surface area contributed by atoms with E-state index in [-0.39, 0.29) is 24.0 Å². The molecule has 0 aliphatic rings. The van der Waals surface area contributed by atoms with E-state index in [2.05, 4.69) is 31.1 Å². The molecule has 1 aromatic carbocycles. The lowest BCUT2D eigenvalue weighted by atomic mass is 9.88. The first kappa shape index (κ1) is 15.6. The van der Waals surface area contributed by atoms with Crippen molar-refractivity contribution in [3.63, 3.8) is 0 Å². The van der Waals surface area contributed by atoms with Gasteiger partial charge in [-0.05, 0) is 23.5 Å². The summed E-state index contributed by atoms with van der Waals surface area (Å²) in [4.78, 5) is 15.3. The Morgan fingerprint density at radius 1 is 1.33 bits per heavy atom. The number of benzene rings is 1. The van der Waals surface area contributed by atoms with E-state index >= 15 is 0 Å². The monoisotopic (exact) mass is 288 g/mol. The second kappa shape index (κ2) is 6.31. The first-order valence-electron chi connectivity index (χ1n) is 7.34. The average molecular weight is 288 g/mol. The lowest BCUT2D eigenvalue weighted by Crippen LogP contribution is -2.40. The standard InChI is InChI=1S/C17H24N2O2/c1-17(2,3)9-13(11-20)19-16(21)8-12-10-18-15-7-5-4-6-14(12)15/h4-7,10,13,18,20H,8-9,11H2,1-3H3,(H,19,21). The number of carbonyl (C=O) groups is 1. The average Bonchev–Trinajstić information content (AvgIpc) is 2.80. The number of hydrogen-bond acceptors (Lipinski definition) is 2. The van der Waals surface area contributed by atoms with Crippen molar-refractivity contribution >= 4 is 16.8 Å². The zero-order chi connectivity index (χ0) is 15.5. The van der Waals surface area contributed by atoms with E-state index in [0.29, 0.717) is 6.42 Å². The molecule has 0 fully saturated rings. The fourth-order valence-corrected chi connectivity index (χ4v) is 2.63. The molecule has 1 aromatic heterocycles. The minimum atomic E-state index is -0.192. The van der Waals surface area contributed by atoms with E-state index < -0.39 is 0 Å². The summed E-state index contributed by atoms with van der Waals surface area (Å²) in [6.45, 7) is 6.27. The predicted molar refractivity (Wildman–Crippen MR) is 85.1 cm³/mol. The number of aliphatic hydroxyl groups excluding tert-OH is 1. The Bertz CT molecular complexity index is 611. The largest absolute Gasteiger partial charge is 0.394 e. The van der Waals surface area contributed by atoms with Gasteiger partial charge in [0, 0.05) is 17.1 Å². The van der Waals surface area contributed by atoms with Gasteiger partial charge in [0.15, 0.2) is 0 Å². The molecule has 0 aliphatic heterocycles. The highest BCUT2D eigenvalue weighted by atomic mass is 16.3. The van der Waals surface area contributed by atoms with E-state index in [9.17, 15) is 9.90 Å². The van der Waals surface area contributed by atoms with Crippen molar-refractivity contribution in [2.24, 2.45) is 5.41 Å². The van der Waals surface area contributed by atoms with E-state index in [1.807, 2.05) is 30.5 Å². The summed E-state index contributed by atoms with van der Waals surface area (Å²) in [7, 11) is 0. The Morgan fingerprint density at radius 2 is 2.05 bits per heavy atom. The molecule has 3 N–H and O–H groups in total. The number of amides is 1. The van der Waals surface area contributed by atoms with Gasteiger partial charge in [-0.25, -0.2) is 0 Å². The van der Waals surface area contributed by atoms with Crippen LogP contribution >= 0.6 is 0 Å². The lowest BCUT2D eigenvalue weighted by molar-refractivity contribution is -0.121. The van der Waals surface area contributed by atoms with Gasteiger partial charge in [0.2, 0.25) is 5.91 Å². The molecular formula is C17H24N2O2. The molecule has 114 valence electrons. The molecule has 2 aromatic rings. The van der Waals surface area contributed by atoms with E-state index in [0.717, 1.165) is 22.9 Å². The van der Waals surface area contributed by atoms with Crippen LogP contribution in [0.3, 0.4) is 0 Å². The molecule has 1 atom stereocenters. The zero-order valence-electron chi connectivity index (χ0n) is 12.9. The Balaban J connectivity index is 2.01. The molecule has 0 radical (unpaired) electrons. The molecule has 1 heterocycles. The summed E-state index contributed by atoms with van der Waals surface area (Å²) in [6, 6.07) is 7.74. The van der Waals surface area contributed by atoms with Crippen molar-refractivity contribution in [2.75, 3.05) is 6.61 Å².